The lowest BCUT2D eigenvalue weighted by molar-refractivity contribution is -0.173. The van der Waals surface area contributed by atoms with Crippen LogP contribution in [0.3, 0.4) is 0 Å². The first-order valence-corrected chi connectivity index (χ1v) is 20.2. The number of sulfonamides is 1. The Bertz CT molecular complexity index is 1960. The molecule has 0 radical (unpaired) electrons. The Morgan fingerprint density at radius 2 is 1.62 bits per heavy atom. The lowest BCUT2D eigenvalue weighted by Gasteiger charge is -2.71. The molecule has 2 aromatic carbocycles. The largest absolute Gasteiger partial charge is 0.497 e. The number of hydrogen-bond donors (Lipinski definition) is 2. The van der Waals surface area contributed by atoms with Gasteiger partial charge in [0.1, 0.15) is 9.96 Å². The number of carbonyl (C=O) groups is 1. The lowest BCUT2D eigenvalue weighted by atomic mass is 9.32. The molecule has 1 aromatic heterocycles. The van der Waals surface area contributed by atoms with Crippen molar-refractivity contribution in [2.45, 2.75) is 81.3 Å². The molecule has 0 aliphatic heterocycles. The summed E-state index contributed by atoms with van der Waals surface area (Å²) in [6.45, 7) is 4.65. The van der Waals surface area contributed by atoms with Gasteiger partial charge in [-0.05, 0) is 103 Å². The van der Waals surface area contributed by atoms with E-state index in [2.05, 4.69) is 32.1 Å². The highest BCUT2D eigenvalue weighted by molar-refractivity contribution is 7.91. The van der Waals surface area contributed by atoms with E-state index in [1.165, 1.54) is 15.6 Å². The van der Waals surface area contributed by atoms with Crippen LogP contribution in [-0.2, 0) is 16.6 Å². The number of benzene rings is 2. The summed E-state index contributed by atoms with van der Waals surface area (Å²) in [4.78, 5) is 14.8. The SMILES string of the molecule is COc1ccc(C(=O)C2=C[C@@]34C=C[C@@]25[C@@H]2CC[C@@](O)(CN(Cc6ccccc6)S(=O)(=O)c6cccs6)[C@@]2(C)CC[C@@H]5[C@@]3(C)CCC(O)C4)cc1. The van der Waals surface area contributed by atoms with Gasteiger partial charge in [-0.15, -0.1) is 11.3 Å². The number of fused-ring (bicyclic) bond motifs is 1. The maximum atomic E-state index is 14.8. The number of carbonyl (C=O) groups excluding carboxylic acids is 1. The number of methoxy groups -OCH3 is 1. The zero-order valence-corrected chi connectivity index (χ0v) is 30.7. The topological polar surface area (TPSA) is 104 Å². The molecule has 50 heavy (non-hydrogen) atoms. The summed E-state index contributed by atoms with van der Waals surface area (Å²) in [6, 6.07) is 20.3. The molecule has 0 amide bonds. The minimum absolute atomic E-state index is 0.0193. The van der Waals surface area contributed by atoms with E-state index in [9.17, 15) is 23.4 Å². The number of ether oxygens (including phenoxy) is 1. The second-order valence-electron chi connectivity index (χ2n) is 16.1. The van der Waals surface area contributed by atoms with Crippen LogP contribution < -0.4 is 4.74 Å². The summed E-state index contributed by atoms with van der Waals surface area (Å²) >= 11 is 1.19. The minimum atomic E-state index is -3.90. The van der Waals surface area contributed by atoms with Crippen molar-refractivity contribution in [1.29, 1.82) is 0 Å². The summed E-state index contributed by atoms with van der Waals surface area (Å²) in [5.41, 5.74) is -0.994. The number of rotatable bonds is 9. The van der Waals surface area contributed by atoms with Crippen molar-refractivity contribution in [2.75, 3.05) is 13.7 Å². The van der Waals surface area contributed by atoms with E-state index in [0.717, 1.165) is 36.8 Å². The second-order valence-corrected chi connectivity index (χ2v) is 19.2. The average Bonchev–Trinajstić information content (AvgIpc) is 3.75. The van der Waals surface area contributed by atoms with Crippen molar-refractivity contribution in [2.24, 2.45) is 33.5 Å². The third-order valence-electron chi connectivity index (χ3n) is 14.0. The van der Waals surface area contributed by atoms with Crippen LogP contribution in [0.2, 0.25) is 0 Å². The van der Waals surface area contributed by atoms with Crippen molar-refractivity contribution in [3.63, 3.8) is 0 Å². The molecule has 9 rings (SSSR count). The molecule has 2 spiro atoms. The molecule has 3 aromatic rings. The van der Waals surface area contributed by atoms with Crippen LogP contribution in [0.25, 0.3) is 0 Å². The number of hydrogen-bond acceptors (Lipinski definition) is 7. The second kappa shape index (κ2) is 11.7. The molecule has 2 N–H and O–H groups in total. The van der Waals surface area contributed by atoms with Crippen LogP contribution in [0.1, 0.15) is 74.7 Å². The molecule has 6 aliphatic rings. The summed E-state index contributed by atoms with van der Waals surface area (Å²) in [6.07, 6.45) is 11.2. The Hall–Kier alpha value is -3.08. The molecule has 9 heteroatoms. The molecule has 7 nitrogen and oxygen atoms in total. The summed E-state index contributed by atoms with van der Waals surface area (Å²) < 4.78 is 35.6. The lowest BCUT2D eigenvalue weighted by Crippen LogP contribution is -2.67. The molecular weight excluding hydrogens is 667 g/mol. The summed E-state index contributed by atoms with van der Waals surface area (Å²) in [5, 5.41) is 25.8. The van der Waals surface area contributed by atoms with Crippen LogP contribution in [0.4, 0.5) is 0 Å². The van der Waals surface area contributed by atoms with Gasteiger partial charge in [0.05, 0.1) is 18.8 Å². The Morgan fingerprint density at radius 1 is 0.920 bits per heavy atom. The van der Waals surface area contributed by atoms with Gasteiger partial charge in [0.2, 0.25) is 0 Å². The summed E-state index contributed by atoms with van der Waals surface area (Å²) in [7, 11) is -2.29. The molecule has 1 unspecified atom stereocenters. The van der Waals surface area contributed by atoms with Crippen molar-refractivity contribution < 1.29 is 28.2 Å². The van der Waals surface area contributed by atoms with Gasteiger partial charge in [-0.2, -0.15) is 4.31 Å². The quantitative estimate of drug-likeness (QED) is 0.177. The molecule has 3 fully saturated rings. The third-order valence-corrected chi connectivity index (χ3v) is 17.2. The first kappa shape index (κ1) is 34.0. The van der Waals surface area contributed by atoms with Crippen molar-refractivity contribution in [1.82, 2.24) is 4.31 Å². The highest BCUT2D eigenvalue weighted by Gasteiger charge is 2.74. The van der Waals surface area contributed by atoms with Crippen molar-refractivity contribution in [3.8, 4) is 5.75 Å². The smallest absolute Gasteiger partial charge is 0.252 e. The Balaban J connectivity index is 1.23. The normalized spacial score (nSPS) is 37.2. The number of aliphatic hydroxyl groups is 2. The number of aliphatic hydroxyl groups excluding tert-OH is 1. The molecular formula is C41H47NO6S2. The first-order valence-electron chi connectivity index (χ1n) is 17.9. The molecule has 1 heterocycles. The highest BCUT2D eigenvalue weighted by atomic mass is 32.2. The monoisotopic (exact) mass is 713 g/mol. The van der Waals surface area contributed by atoms with Crippen molar-refractivity contribution >= 4 is 27.1 Å². The summed E-state index contributed by atoms with van der Waals surface area (Å²) in [5.74, 6) is 0.717. The molecule has 6 aliphatic carbocycles. The van der Waals surface area contributed by atoms with Gasteiger partial charge in [0, 0.05) is 40.5 Å². The van der Waals surface area contributed by atoms with E-state index in [1.807, 2.05) is 54.6 Å². The van der Waals surface area contributed by atoms with Crippen LogP contribution in [0.15, 0.2) is 100 Å². The predicted molar refractivity (Wildman–Crippen MR) is 194 cm³/mol. The fourth-order valence-electron chi connectivity index (χ4n) is 11.3. The van der Waals surface area contributed by atoms with Gasteiger partial charge in [-0.1, -0.05) is 68.5 Å². The van der Waals surface area contributed by atoms with E-state index in [-0.39, 0.29) is 40.3 Å². The number of ketones is 1. The van der Waals surface area contributed by atoms with E-state index in [4.69, 9.17) is 4.74 Å². The van der Waals surface area contributed by atoms with Gasteiger partial charge in [0.15, 0.2) is 5.78 Å². The van der Waals surface area contributed by atoms with E-state index in [1.54, 1.807) is 24.6 Å². The van der Waals surface area contributed by atoms with Crippen LogP contribution in [0, 0.1) is 33.5 Å². The molecule has 264 valence electrons. The van der Waals surface area contributed by atoms with Gasteiger partial charge < -0.3 is 14.9 Å². The Kier molecular flexibility index (Phi) is 7.98. The Labute approximate surface area is 299 Å². The highest BCUT2D eigenvalue weighted by Crippen LogP contribution is 2.78. The van der Waals surface area contributed by atoms with Crippen LogP contribution >= 0.6 is 11.3 Å². The maximum absolute atomic E-state index is 14.8. The van der Waals surface area contributed by atoms with Crippen LogP contribution in [0.5, 0.6) is 5.75 Å². The maximum Gasteiger partial charge on any atom is 0.252 e. The standard InChI is InChI=1S/C41H47NO6S2/c1-37-18-15-30(43)24-39(37)21-22-41(32(25-39)36(44)29-11-13-31(48-3)14-12-29)33(37)16-19-38(2)34(41)17-20-40(38,45)27-42(26-28-8-5-4-6-9-28)50(46,47)35-10-7-23-49-35/h4-14,21-23,25,30,33-34,43,45H,15-20,24,26-27H2,1-3H3/t30?,33-,34-,37-,38+,39+,40-,41-/m1/s1. The minimum Gasteiger partial charge on any atom is -0.497 e. The molecule has 2 bridgehead atoms. The van der Waals surface area contributed by atoms with Gasteiger partial charge >= 0.3 is 0 Å². The van der Waals surface area contributed by atoms with Gasteiger partial charge in [-0.25, -0.2) is 8.42 Å². The zero-order chi connectivity index (χ0) is 35.2. The first-order chi connectivity index (χ1) is 23.8. The average molecular weight is 714 g/mol. The molecule has 3 saturated carbocycles. The van der Waals surface area contributed by atoms with Gasteiger partial charge in [-0.3, -0.25) is 4.79 Å². The van der Waals surface area contributed by atoms with E-state index in [0.29, 0.717) is 30.6 Å². The van der Waals surface area contributed by atoms with Crippen LogP contribution in [-0.4, -0.2) is 54.1 Å². The van der Waals surface area contributed by atoms with E-state index >= 15 is 0 Å². The Morgan fingerprint density at radius 3 is 2.32 bits per heavy atom. The third kappa shape index (κ3) is 4.69. The number of nitrogens with zero attached hydrogens (tertiary/aromatic N) is 1. The number of Topliss-reactive ketones (excluding diaryl/α,β-unsaturated/α-hetero) is 1. The number of allylic oxidation sites excluding steroid dienone is 4. The van der Waals surface area contributed by atoms with Gasteiger partial charge in [0.25, 0.3) is 10.0 Å². The molecule has 8 atom stereocenters. The fraction of sp³-hybridized carbons (Fsp3) is 0.488. The number of thiophene rings is 1. The zero-order valence-electron chi connectivity index (χ0n) is 29.0. The fourth-order valence-corrected chi connectivity index (χ4v) is 14.0. The van der Waals surface area contributed by atoms with Crippen molar-refractivity contribution in [3.05, 3.63) is 107 Å². The predicted octanol–water partition coefficient (Wildman–Crippen LogP) is 7.42. The molecule has 0 saturated heterocycles. The van der Waals surface area contributed by atoms with E-state index < -0.39 is 38.0 Å².